The molecule has 1 aromatic rings. The highest BCUT2D eigenvalue weighted by atomic mass is 16.2. The molecule has 0 spiro atoms. The molecule has 0 aromatic heterocycles. The average molecular weight is 248 g/mol. The fourth-order valence-corrected chi connectivity index (χ4v) is 1.75. The van der Waals surface area contributed by atoms with E-state index in [0.29, 0.717) is 5.92 Å². The van der Waals surface area contributed by atoms with E-state index in [1.807, 2.05) is 26.0 Å². The first-order chi connectivity index (χ1) is 8.34. The largest absolute Gasteiger partial charge is 0.327 e. The van der Waals surface area contributed by atoms with Gasteiger partial charge in [0, 0.05) is 18.8 Å². The first-order valence-electron chi connectivity index (χ1n) is 6.47. The Kier molecular flexibility index (Phi) is 4.91. The Morgan fingerprint density at radius 2 is 1.83 bits per heavy atom. The van der Waals surface area contributed by atoms with Crippen LogP contribution in [0.25, 0.3) is 0 Å². The van der Waals surface area contributed by atoms with Crippen LogP contribution in [0.5, 0.6) is 0 Å². The van der Waals surface area contributed by atoms with Gasteiger partial charge in [-0.25, -0.2) is 0 Å². The lowest BCUT2D eigenvalue weighted by Gasteiger charge is -2.24. The number of hydrogen-bond acceptors (Lipinski definition) is 2. The molecule has 1 aromatic carbocycles. The molecule has 2 N–H and O–H groups in total. The first-order valence-corrected chi connectivity index (χ1v) is 6.47. The van der Waals surface area contributed by atoms with Crippen molar-refractivity contribution in [3.05, 3.63) is 29.8 Å². The summed E-state index contributed by atoms with van der Waals surface area (Å²) >= 11 is 0. The number of amides is 1. The Bertz CT molecular complexity index is 413. The van der Waals surface area contributed by atoms with Crippen molar-refractivity contribution >= 4 is 11.6 Å². The van der Waals surface area contributed by atoms with E-state index >= 15 is 0 Å². The second kappa shape index (κ2) is 6.01. The zero-order valence-corrected chi connectivity index (χ0v) is 12.0. The zero-order chi connectivity index (χ0) is 13.9. The van der Waals surface area contributed by atoms with Crippen molar-refractivity contribution in [2.45, 2.75) is 39.7 Å². The summed E-state index contributed by atoms with van der Waals surface area (Å²) in [5.41, 5.74) is 7.95. The van der Waals surface area contributed by atoms with Gasteiger partial charge in [0.25, 0.3) is 0 Å². The van der Waals surface area contributed by atoms with Crippen LogP contribution in [0.2, 0.25) is 0 Å². The summed E-state index contributed by atoms with van der Waals surface area (Å²) in [7, 11) is 1.81. The maximum Gasteiger partial charge on any atom is 0.231 e. The second-order valence-corrected chi connectivity index (χ2v) is 5.29. The summed E-state index contributed by atoms with van der Waals surface area (Å²) in [5, 5.41) is 0. The third kappa shape index (κ3) is 3.33. The quantitative estimate of drug-likeness (QED) is 0.890. The number of nitrogens with two attached hydrogens (primary N) is 1. The molecule has 1 rings (SSSR count). The normalized spacial score (nSPS) is 14.4. The minimum absolute atomic E-state index is 0.0610. The van der Waals surface area contributed by atoms with E-state index in [-0.39, 0.29) is 17.9 Å². The summed E-state index contributed by atoms with van der Waals surface area (Å²) in [6, 6.07) is 7.97. The summed E-state index contributed by atoms with van der Waals surface area (Å²) in [6.45, 7) is 8.02. The molecule has 0 aliphatic rings. The van der Waals surface area contributed by atoms with Crippen LogP contribution in [0.15, 0.2) is 24.3 Å². The molecular weight excluding hydrogens is 224 g/mol. The minimum atomic E-state index is -0.169. The van der Waals surface area contributed by atoms with Crippen LogP contribution in [0.3, 0.4) is 0 Å². The van der Waals surface area contributed by atoms with E-state index in [1.54, 1.807) is 11.9 Å². The SMILES string of the molecule is CC(C)c1cccc(N(C)C(=O)C(C)C(C)N)c1. The van der Waals surface area contributed by atoms with E-state index in [2.05, 4.69) is 26.0 Å². The maximum atomic E-state index is 12.2. The fraction of sp³-hybridized carbons (Fsp3) is 0.533. The highest BCUT2D eigenvalue weighted by Gasteiger charge is 2.21. The number of carbonyl (C=O) groups is 1. The van der Waals surface area contributed by atoms with Crippen LogP contribution >= 0.6 is 0 Å². The molecule has 0 heterocycles. The highest BCUT2D eigenvalue weighted by molar-refractivity contribution is 5.94. The van der Waals surface area contributed by atoms with E-state index in [1.165, 1.54) is 5.56 Å². The topological polar surface area (TPSA) is 46.3 Å². The maximum absolute atomic E-state index is 12.2. The molecular formula is C15H24N2O. The van der Waals surface area contributed by atoms with Crippen molar-refractivity contribution in [3.63, 3.8) is 0 Å². The van der Waals surface area contributed by atoms with Crippen LogP contribution in [0.4, 0.5) is 5.69 Å². The average Bonchev–Trinajstić information content (AvgIpc) is 2.36. The van der Waals surface area contributed by atoms with Crippen molar-refractivity contribution < 1.29 is 4.79 Å². The van der Waals surface area contributed by atoms with E-state index in [0.717, 1.165) is 5.69 Å². The monoisotopic (exact) mass is 248 g/mol. The molecule has 18 heavy (non-hydrogen) atoms. The molecule has 3 nitrogen and oxygen atoms in total. The molecule has 0 bridgehead atoms. The summed E-state index contributed by atoms with van der Waals surface area (Å²) < 4.78 is 0. The Balaban J connectivity index is 2.93. The van der Waals surface area contributed by atoms with Crippen LogP contribution in [0, 0.1) is 5.92 Å². The number of nitrogens with zero attached hydrogens (tertiary/aromatic N) is 1. The van der Waals surface area contributed by atoms with Crippen molar-refractivity contribution in [2.75, 3.05) is 11.9 Å². The molecule has 3 heteroatoms. The molecule has 1 amide bonds. The molecule has 0 saturated heterocycles. The van der Waals surface area contributed by atoms with Gasteiger partial charge in [0.1, 0.15) is 0 Å². The molecule has 2 unspecified atom stereocenters. The molecule has 0 aliphatic carbocycles. The van der Waals surface area contributed by atoms with E-state index < -0.39 is 0 Å². The van der Waals surface area contributed by atoms with Crippen molar-refractivity contribution in [3.8, 4) is 0 Å². The standard InChI is InChI=1S/C15H24N2O/c1-10(2)13-7-6-8-14(9-13)17(5)15(18)11(3)12(4)16/h6-12H,16H2,1-5H3. The highest BCUT2D eigenvalue weighted by Crippen LogP contribution is 2.22. The van der Waals surface area contributed by atoms with E-state index in [4.69, 9.17) is 5.73 Å². The number of rotatable bonds is 4. The van der Waals surface area contributed by atoms with Gasteiger partial charge in [0.15, 0.2) is 0 Å². The van der Waals surface area contributed by atoms with Gasteiger partial charge >= 0.3 is 0 Å². The lowest BCUT2D eigenvalue weighted by Crippen LogP contribution is -2.39. The Labute approximate surface area is 110 Å². The summed E-state index contributed by atoms with van der Waals surface area (Å²) in [4.78, 5) is 13.9. The third-order valence-electron chi connectivity index (χ3n) is 3.43. The molecule has 100 valence electrons. The predicted octanol–water partition coefficient (Wildman–Crippen LogP) is 2.76. The van der Waals surface area contributed by atoms with Gasteiger partial charge in [-0.15, -0.1) is 0 Å². The van der Waals surface area contributed by atoms with Gasteiger partial charge in [-0.1, -0.05) is 32.9 Å². The summed E-state index contributed by atoms with van der Waals surface area (Å²) in [5.74, 6) is 0.350. The number of benzene rings is 1. The molecule has 0 saturated carbocycles. The van der Waals surface area contributed by atoms with Gasteiger partial charge < -0.3 is 10.6 Å². The van der Waals surface area contributed by atoms with Crippen LogP contribution < -0.4 is 10.6 Å². The fourth-order valence-electron chi connectivity index (χ4n) is 1.75. The number of carbonyl (C=O) groups excluding carboxylic acids is 1. The smallest absolute Gasteiger partial charge is 0.231 e. The van der Waals surface area contributed by atoms with Gasteiger partial charge in [0.2, 0.25) is 5.91 Å². The lowest BCUT2D eigenvalue weighted by atomic mass is 10.0. The van der Waals surface area contributed by atoms with Gasteiger partial charge in [0.05, 0.1) is 5.92 Å². The lowest BCUT2D eigenvalue weighted by molar-refractivity contribution is -0.122. The zero-order valence-electron chi connectivity index (χ0n) is 12.0. The Morgan fingerprint density at radius 3 is 2.33 bits per heavy atom. The third-order valence-corrected chi connectivity index (χ3v) is 3.43. The van der Waals surface area contributed by atoms with Crippen molar-refractivity contribution in [1.29, 1.82) is 0 Å². The van der Waals surface area contributed by atoms with Crippen LogP contribution in [-0.2, 0) is 4.79 Å². The predicted molar refractivity (Wildman–Crippen MR) is 76.8 cm³/mol. The van der Waals surface area contributed by atoms with E-state index in [9.17, 15) is 4.79 Å². The Morgan fingerprint density at radius 1 is 1.22 bits per heavy atom. The molecule has 2 atom stereocenters. The molecule has 0 radical (unpaired) electrons. The van der Waals surface area contributed by atoms with Gasteiger partial charge in [-0.2, -0.15) is 0 Å². The minimum Gasteiger partial charge on any atom is -0.327 e. The Hall–Kier alpha value is -1.35. The van der Waals surface area contributed by atoms with Gasteiger partial charge in [-0.3, -0.25) is 4.79 Å². The van der Waals surface area contributed by atoms with Crippen molar-refractivity contribution in [2.24, 2.45) is 11.7 Å². The summed E-state index contributed by atoms with van der Waals surface area (Å²) in [6.07, 6.45) is 0. The molecule has 0 aliphatic heterocycles. The number of anilines is 1. The number of hydrogen-bond donors (Lipinski definition) is 1. The van der Waals surface area contributed by atoms with Gasteiger partial charge in [-0.05, 0) is 30.5 Å². The molecule has 0 fully saturated rings. The van der Waals surface area contributed by atoms with Crippen molar-refractivity contribution in [1.82, 2.24) is 0 Å². The van der Waals surface area contributed by atoms with Crippen LogP contribution in [-0.4, -0.2) is 19.0 Å². The first kappa shape index (κ1) is 14.7. The van der Waals surface area contributed by atoms with Crippen LogP contribution in [0.1, 0.15) is 39.2 Å². The second-order valence-electron chi connectivity index (χ2n) is 5.29.